The molecule has 0 spiro atoms. The molecule has 0 saturated carbocycles. The number of hydrogen-bond donors (Lipinski definition) is 0. The Morgan fingerprint density at radius 1 is 0.810 bits per heavy atom. The Hall–Kier alpha value is -2.13. The minimum atomic E-state index is 0.0469. The molecule has 3 nitrogen and oxygen atoms in total. The predicted octanol–water partition coefficient (Wildman–Crippen LogP) is 3.14. The van der Waals surface area contributed by atoms with Gasteiger partial charge in [0.2, 0.25) is 0 Å². The number of benzene rings is 2. The molecule has 0 saturated heterocycles. The Morgan fingerprint density at radius 3 is 1.71 bits per heavy atom. The summed E-state index contributed by atoms with van der Waals surface area (Å²) in [5.41, 5.74) is 2.10. The first-order chi connectivity index (χ1) is 10.0. The van der Waals surface area contributed by atoms with Crippen molar-refractivity contribution < 1.29 is 4.79 Å². The van der Waals surface area contributed by atoms with Gasteiger partial charge in [0.05, 0.1) is 0 Å². The lowest BCUT2D eigenvalue weighted by atomic mass is 10.2. The number of nitrogens with zero attached hydrogens (tertiary/aromatic N) is 2. The zero-order valence-electron chi connectivity index (χ0n) is 13.3. The molecule has 0 fully saturated rings. The lowest BCUT2D eigenvalue weighted by molar-refractivity contribution is 0.0827. The number of hydrogen-bond acceptors (Lipinski definition) is 2. The van der Waals surface area contributed by atoms with Crippen LogP contribution in [0.4, 0.5) is 0 Å². The van der Waals surface area contributed by atoms with Crippen LogP contribution in [0.2, 0.25) is 0 Å². The second kappa shape index (κ2) is 8.93. The van der Waals surface area contributed by atoms with E-state index in [2.05, 4.69) is 43.3 Å². The van der Waals surface area contributed by atoms with Gasteiger partial charge in [-0.2, -0.15) is 0 Å². The fraction of sp³-hybridized carbons (Fsp3) is 0.278. The van der Waals surface area contributed by atoms with Crippen LogP contribution in [-0.4, -0.2) is 43.9 Å². The lowest BCUT2D eigenvalue weighted by Crippen LogP contribution is -2.21. The molecule has 0 bridgehead atoms. The molecule has 0 N–H and O–H groups in total. The summed E-state index contributed by atoms with van der Waals surface area (Å²) in [6.07, 6.45) is 0. The van der Waals surface area contributed by atoms with Gasteiger partial charge >= 0.3 is 0 Å². The van der Waals surface area contributed by atoms with Crippen molar-refractivity contribution in [3.63, 3.8) is 0 Å². The molecule has 0 aromatic heterocycles. The van der Waals surface area contributed by atoms with Crippen molar-refractivity contribution >= 4 is 5.91 Å². The second-order valence-corrected chi connectivity index (χ2v) is 5.29. The molecular weight excluding hydrogens is 260 g/mol. The molecule has 21 heavy (non-hydrogen) atoms. The molecule has 0 unspecified atom stereocenters. The highest BCUT2D eigenvalue weighted by molar-refractivity contribution is 5.93. The lowest BCUT2D eigenvalue weighted by Gasteiger charge is -2.08. The first-order valence-electron chi connectivity index (χ1n) is 6.96. The topological polar surface area (TPSA) is 23.6 Å². The van der Waals surface area contributed by atoms with E-state index in [1.807, 2.05) is 36.4 Å². The Morgan fingerprint density at radius 2 is 1.29 bits per heavy atom. The Balaban J connectivity index is 0.000000211. The zero-order chi connectivity index (χ0) is 15.7. The summed E-state index contributed by atoms with van der Waals surface area (Å²) in [6, 6.07) is 19.7. The van der Waals surface area contributed by atoms with Gasteiger partial charge in [-0.05, 0) is 31.8 Å². The normalized spacial score (nSPS) is 9.76. The average molecular weight is 284 g/mol. The number of amides is 1. The largest absolute Gasteiger partial charge is 0.345 e. The minimum absolute atomic E-state index is 0.0469. The van der Waals surface area contributed by atoms with E-state index < -0.39 is 0 Å². The number of carbonyl (C=O) groups excluding carboxylic acids is 1. The molecule has 0 heterocycles. The van der Waals surface area contributed by atoms with Crippen molar-refractivity contribution in [1.29, 1.82) is 0 Å². The molecule has 112 valence electrons. The third-order valence-corrected chi connectivity index (χ3v) is 2.77. The van der Waals surface area contributed by atoms with Gasteiger partial charge in [0.15, 0.2) is 0 Å². The quantitative estimate of drug-likeness (QED) is 0.864. The molecule has 2 aromatic rings. The van der Waals surface area contributed by atoms with Gasteiger partial charge < -0.3 is 9.80 Å². The third-order valence-electron chi connectivity index (χ3n) is 2.77. The maximum absolute atomic E-state index is 11.3. The molecule has 0 aliphatic carbocycles. The first kappa shape index (κ1) is 16.9. The zero-order valence-corrected chi connectivity index (χ0v) is 13.3. The average Bonchev–Trinajstić information content (AvgIpc) is 2.48. The van der Waals surface area contributed by atoms with Crippen LogP contribution in [0.5, 0.6) is 0 Å². The number of carbonyl (C=O) groups is 1. The molecule has 0 atom stereocenters. The molecular formula is C18H24N2O. The van der Waals surface area contributed by atoms with Gasteiger partial charge in [-0.25, -0.2) is 0 Å². The predicted molar refractivity (Wildman–Crippen MR) is 88.3 cm³/mol. The van der Waals surface area contributed by atoms with E-state index in [0.29, 0.717) is 0 Å². The highest BCUT2D eigenvalue weighted by atomic mass is 16.2. The fourth-order valence-corrected chi connectivity index (χ4v) is 1.79. The second-order valence-electron chi connectivity index (χ2n) is 5.29. The van der Waals surface area contributed by atoms with Crippen molar-refractivity contribution in [2.75, 3.05) is 28.2 Å². The van der Waals surface area contributed by atoms with E-state index in [4.69, 9.17) is 0 Å². The molecule has 3 heteroatoms. The van der Waals surface area contributed by atoms with Gasteiger partial charge in [0.25, 0.3) is 5.91 Å². The molecule has 2 rings (SSSR count). The summed E-state index contributed by atoms with van der Waals surface area (Å²) in [7, 11) is 7.64. The third kappa shape index (κ3) is 6.72. The Bertz CT molecular complexity index is 521. The molecule has 0 aliphatic heterocycles. The van der Waals surface area contributed by atoms with Gasteiger partial charge in [-0.15, -0.1) is 0 Å². The van der Waals surface area contributed by atoms with Gasteiger partial charge in [0.1, 0.15) is 0 Å². The summed E-state index contributed by atoms with van der Waals surface area (Å²) in [5.74, 6) is 0.0469. The maximum atomic E-state index is 11.3. The van der Waals surface area contributed by atoms with Gasteiger partial charge in [-0.1, -0.05) is 48.5 Å². The Kier molecular flexibility index (Phi) is 7.19. The standard InChI is InChI=1S/C9H11NO.C9H13N/c1-10(2)9(11)8-6-4-3-5-7-8;1-10(2)8-9-6-4-3-5-7-9/h3-7H,1-2H3;3-7H,8H2,1-2H3. The summed E-state index contributed by atoms with van der Waals surface area (Å²) in [4.78, 5) is 15.0. The fourth-order valence-electron chi connectivity index (χ4n) is 1.79. The van der Waals surface area contributed by atoms with Gasteiger partial charge in [-0.3, -0.25) is 4.79 Å². The minimum Gasteiger partial charge on any atom is -0.345 e. The van der Waals surface area contributed by atoms with E-state index >= 15 is 0 Å². The van der Waals surface area contributed by atoms with Crippen LogP contribution in [0.3, 0.4) is 0 Å². The van der Waals surface area contributed by atoms with E-state index in [-0.39, 0.29) is 5.91 Å². The van der Waals surface area contributed by atoms with E-state index in [9.17, 15) is 4.79 Å². The summed E-state index contributed by atoms with van der Waals surface area (Å²) in [5, 5.41) is 0. The van der Waals surface area contributed by atoms with Crippen molar-refractivity contribution in [3.8, 4) is 0 Å². The molecule has 0 aliphatic rings. The summed E-state index contributed by atoms with van der Waals surface area (Å²) >= 11 is 0. The van der Waals surface area contributed by atoms with Crippen LogP contribution in [0, 0.1) is 0 Å². The van der Waals surface area contributed by atoms with Crippen LogP contribution < -0.4 is 0 Å². The highest BCUT2D eigenvalue weighted by Gasteiger charge is 2.04. The van der Waals surface area contributed by atoms with E-state index in [1.54, 1.807) is 19.0 Å². The van der Waals surface area contributed by atoms with Crippen molar-refractivity contribution in [3.05, 3.63) is 71.8 Å². The summed E-state index contributed by atoms with van der Waals surface area (Å²) < 4.78 is 0. The van der Waals surface area contributed by atoms with Crippen LogP contribution in [-0.2, 0) is 6.54 Å². The highest BCUT2D eigenvalue weighted by Crippen LogP contribution is 2.00. The SMILES string of the molecule is CN(C)C(=O)c1ccccc1.CN(C)Cc1ccccc1. The smallest absolute Gasteiger partial charge is 0.253 e. The first-order valence-corrected chi connectivity index (χ1v) is 6.96. The van der Waals surface area contributed by atoms with E-state index in [1.165, 1.54) is 5.56 Å². The molecule has 0 radical (unpaired) electrons. The Labute approximate surface area is 127 Å². The van der Waals surface area contributed by atoms with Crippen molar-refractivity contribution in [2.24, 2.45) is 0 Å². The van der Waals surface area contributed by atoms with Crippen LogP contribution in [0.25, 0.3) is 0 Å². The van der Waals surface area contributed by atoms with Gasteiger partial charge in [0, 0.05) is 26.2 Å². The molecule has 2 aromatic carbocycles. The monoisotopic (exact) mass is 284 g/mol. The van der Waals surface area contributed by atoms with Crippen LogP contribution in [0.15, 0.2) is 60.7 Å². The maximum Gasteiger partial charge on any atom is 0.253 e. The van der Waals surface area contributed by atoms with Crippen LogP contribution in [0.1, 0.15) is 15.9 Å². The van der Waals surface area contributed by atoms with Crippen molar-refractivity contribution in [1.82, 2.24) is 9.80 Å². The van der Waals surface area contributed by atoms with E-state index in [0.717, 1.165) is 12.1 Å². The van der Waals surface area contributed by atoms with Crippen LogP contribution >= 0.6 is 0 Å². The summed E-state index contributed by atoms with van der Waals surface area (Å²) in [6.45, 7) is 1.03. The number of rotatable bonds is 3. The van der Waals surface area contributed by atoms with Crippen molar-refractivity contribution in [2.45, 2.75) is 6.54 Å². The molecule has 1 amide bonds.